The number of thioether (sulfide) groups is 1. The van der Waals surface area contributed by atoms with Crippen LogP contribution in [0.3, 0.4) is 0 Å². The average Bonchev–Trinajstić information content (AvgIpc) is 2.50. The van der Waals surface area contributed by atoms with Gasteiger partial charge in [-0.2, -0.15) is 11.8 Å². The van der Waals surface area contributed by atoms with E-state index in [0.29, 0.717) is 6.42 Å². The van der Waals surface area contributed by atoms with E-state index >= 15 is 0 Å². The molecule has 2 N–H and O–H groups in total. The summed E-state index contributed by atoms with van der Waals surface area (Å²) in [6.45, 7) is 2.86. The third-order valence-corrected chi connectivity index (χ3v) is 5.25. The molecule has 0 bridgehead atoms. The predicted octanol–water partition coefficient (Wildman–Crippen LogP) is 3.29. The SMILES string of the molecule is Cc1cccc(CSCCCNC(=O)[C@H]2CCC[C@@H](O)C2)c1. The first-order valence-electron chi connectivity index (χ1n) is 8.24. The van der Waals surface area contributed by atoms with Gasteiger partial charge in [-0.3, -0.25) is 4.79 Å². The smallest absolute Gasteiger partial charge is 0.223 e. The zero-order valence-corrected chi connectivity index (χ0v) is 14.2. The van der Waals surface area contributed by atoms with Crippen molar-refractivity contribution in [2.75, 3.05) is 12.3 Å². The quantitative estimate of drug-likeness (QED) is 0.758. The summed E-state index contributed by atoms with van der Waals surface area (Å²) in [6.07, 6.45) is 4.08. The van der Waals surface area contributed by atoms with Gasteiger partial charge in [-0.1, -0.05) is 36.2 Å². The van der Waals surface area contributed by atoms with Crippen molar-refractivity contribution >= 4 is 17.7 Å². The maximum Gasteiger partial charge on any atom is 0.223 e. The Balaban J connectivity index is 1.54. The first-order valence-corrected chi connectivity index (χ1v) is 9.39. The van der Waals surface area contributed by atoms with Crippen LogP contribution in [0.15, 0.2) is 24.3 Å². The average molecular weight is 321 g/mol. The monoisotopic (exact) mass is 321 g/mol. The zero-order chi connectivity index (χ0) is 15.8. The molecule has 2 atom stereocenters. The highest BCUT2D eigenvalue weighted by Crippen LogP contribution is 2.24. The fourth-order valence-electron chi connectivity index (χ4n) is 2.92. The van der Waals surface area contributed by atoms with Crippen LogP contribution in [0, 0.1) is 12.8 Å². The zero-order valence-electron chi connectivity index (χ0n) is 13.4. The normalized spacial score (nSPS) is 21.5. The molecule has 122 valence electrons. The highest BCUT2D eigenvalue weighted by molar-refractivity contribution is 7.98. The lowest BCUT2D eigenvalue weighted by Gasteiger charge is -2.24. The molecule has 0 heterocycles. The third kappa shape index (κ3) is 6.01. The Morgan fingerprint density at radius 1 is 1.41 bits per heavy atom. The second-order valence-electron chi connectivity index (χ2n) is 6.20. The van der Waals surface area contributed by atoms with Gasteiger partial charge in [-0.05, 0) is 43.9 Å². The van der Waals surface area contributed by atoms with E-state index in [1.807, 2.05) is 11.8 Å². The summed E-state index contributed by atoms with van der Waals surface area (Å²) < 4.78 is 0. The molecule has 0 saturated heterocycles. The molecule has 1 aromatic carbocycles. The number of aliphatic hydroxyl groups is 1. The Morgan fingerprint density at radius 3 is 3.05 bits per heavy atom. The second-order valence-corrected chi connectivity index (χ2v) is 7.31. The number of hydrogen-bond donors (Lipinski definition) is 2. The summed E-state index contributed by atoms with van der Waals surface area (Å²) in [7, 11) is 0. The van der Waals surface area contributed by atoms with Gasteiger partial charge < -0.3 is 10.4 Å². The first-order chi connectivity index (χ1) is 10.6. The summed E-state index contributed by atoms with van der Waals surface area (Å²) in [5.74, 6) is 2.23. The molecule has 1 saturated carbocycles. The minimum atomic E-state index is -0.283. The lowest BCUT2D eigenvalue weighted by Crippen LogP contribution is -2.35. The standard InChI is InChI=1S/C18H27NO2S/c1-14-5-2-6-15(11-14)13-22-10-4-9-19-18(21)16-7-3-8-17(20)12-16/h2,5-6,11,16-17,20H,3-4,7-10,12-13H2,1H3,(H,19,21)/t16-,17+/m0/s1. The molecule has 1 aliphatic carbocycles. The van der Waals surface area contributed by atoms with Crippen LogP contribution in [-0.2, 0) is 10.5 Å². The lowest BCUT2D eigenvalue weighted by molar-refractivity contribution is -0.127. The number of carbonyl (C=O) groups excluding carboxylic acids is 1. The van der Waals surface area contributed by atoms with Gasteiger partial charge in [0.15, 0.2) is 0 Å². The van der Waals surface area contributed by atoms with Crippen molar-refractivity contribution < 1.29 is 9.90 Å². The van der Waals surface area contributed by atoms with E-state index < -0.39 is 0 Å². The predicted molar refractivity (Wildman–Crippen MR) is 92.9 cm³/mol. The van der Waals surface area contributed by atoms with E-state index in [4.69, 9.17) is 0 Å². The largest absolute Gasteiger partial charge is 0.393 e. The van der Waals surface area contributed by atoms with Crippen molar-refractivity contribution in [1.82, 2.24) is 5.32 Å². The molecule has 1 amide bonds. The van der Waals surface area contributed by atoms with Crippen LogP contribution in [0.25, 0.3) is 0 Å². The van der Waals surface area contributed by atoms with Gasteiger partial charge >= 0.3 is 0 Å². The Kier molecular flexibility index (Phi) is 7.26. The van der Waals surface area contributed by atoms with Crippen molar-refractivity contribution in [3.63, 3.8) is 0 Å². The van der Waals surface area contributed by atoms with Crippen molar-refractivity contribution in [2.45, 2.75) is 50.9 Å². The van der Waals surface area contributed by atoms with Crippen LogP contribution in [0.5, 0.6) is 0 Å². The highest BCUT2D eigenvalue weighted by atomic mass is 32.2. The molecular weight excluding hydrogens is 294 g/mol. The number of aliphatic hydroxyl groups excluding tert-OH is 1. The number of rotatable bonds is 7. The molecule has 4 heteroatoms. The summed E-state index contributed by atoms with van der Waals surface area (Å²) >= 11 is 1.91. The molecule has 0 unspecified atom stereocenters. The minimum absolute atomic E-state index is 0.0173. The van der Waals surface area contributed by atoms with Crippen LogP contribution in [-0.4, -0.2) is 29.4 Å². The van der Waals surface area contributed by atoms with Gasteiger partial charge in [-0.25, -0.2) is 0 Å². The fraction of sp³-hybridized carbons (Fsp3) is 0.611. The van der Waals surface area contributed by atoms with E-state index in [-0.39, 0.29) is 17.9 Å². The van der Waals surface area contributed by atoms with Gasteiger partial charge in [0.2, 0.25) is 5.91 Å². The highest BCUT2D eigenvalue weighted by Gasteiger charge is 2.25. The van der Waals surface area contributed by atoms with E-state index in [9.17, 15) is 9.90 Å². The molecule has 0 radical (unpaired) electrons. The molecule has 2 rings (SSSR count). The van der Waals surface area contributed by atoms with Crippen molar-refractivity contribution in [3.05, 3.63) is 35.4 Å². The second kappa shape index (κ2) is 9.21. The van der Waals surface area contributed by atoms with E-state index in [1.165, 1.54) is 11.1 Å². The van der Waals surface area contributed by atoms with Crippen LogP contribution in [0.1, 0.15) is 43.2 Å². The fourth-order valence-corrected chi connectivity index (χ4v) is 3.83. The first kappa shape index (κ1) is 17.4. The van der Waals surface area contributed by atoms with Gasteiger partial charge in [-0.15, -0.1) is 0 Å². The Morgan fingerprint density at radius 2 is 2.27 bits per heavy atom. The van der Waals surface area contributed by atoms with Crippen LogP contribution in [0.2, 0.25) is 0 Å². The molecule has 0 aromatic heterocycles. The number of carbonyl (C=O) groups is 1. The van der Waals surface area contributed by atoms with Crippen molar-refractivity contribution in [3.8, 4) is 0 Å². The van der Waals surface area contributed by atoms with Gasteiger partial charge in [0, 0.05) is 18.2 Å². The molecule has 1 fully saturated rings. The van der Waals surface area contributed by atoms with Crippen molar-refractivity contribution in [1.29, 1.82) is 0 Å². The number of hydrogen-bond acceptors (Lipinski definition) is 3. The molecule has 0 spiro atoms. The van der Waals surface area contributed by atoms with Gasteiger partial charge in [0.05, 0.1) is 6.10 Å². The molecular formula is C18H27NO2S. The minimum Gasteiger partial charge on any atom is -0.393 e. The lowest BCUT2D eigenvalue weighted by atomic mass is 9.87. The number of aryl methyl sites for hydroxylation is 1. The number of amides is 1. The Hall–Kier alpha value is -1.00. The van der Waals surface area contributed by atoms with E-state index in [0.717, 1.165) is 43.7 Å². The summed E-state index contributed by atoms with van der Waals surface area (Å²) in [5, 5.41) is 12.6. The third-order valence-electron chi connectivity index (χ3n) is 4.13. The summed E-state index contributed by atoms with van der Waals surface area (Å²) in [4.78, 5) is 12.0. The maximum absolute atomic E-state index is 12.0. The molecule has 1 aromatic rings. The van der Waals surface area contributed by atoms with E-state index in [1.54, 1.807) is 0 Å². The van der Waals surface area contributed by atoms with Crippen LogP contribution >= 0.6 is 11.8 Å². The molecule has 3 nitrogen and oxygen atoms in total. The Bertz CT molecular complexity index is 478. The molecule has 0 aliphatic heterocycles. The summed E-state index contributed by atoms with van der Waals surface area (Å²) in [5.41, 5.74) is 2.67. The van der Waals surface area contributed by atoms with Crippen LogP contribution < -0.4 is 5.32 Å². The number of nitrogens with one attached hydrogen (secondary N) is 1. The Labute approximate surface area is 137 Å². The maximum atomic E-state index is 12.0. The van der Waals surface area contributed by atoms with E-state index in [2.05, 4.69) is 36.5 Å². The van der Waals surface area contributed by atoms with Crippen LogP contribution in [0.4, 0.5) is 0 Å². The summed E-state index contributed by atoms with van der Waals surface area (Å²) in [6, 6.07) is 8.61. The van der Waals surface area contributed by atoms with Gasteiger partial charge in [0.1, 0.15) is 0 Å². The molecule has 22 heavy (non-hydrogen) atoms. The topological polar surface area (TPSA) is 49.3 Å². The molecule has 1 aliphatic rings. The van der Waals surface area contributed by atoms with Crippen molar-refractivity contribution in [2.24, 2.45) is 5.92 Å². The number of benzene rings is 1. The van der Waals surface area contributed by atoms with Gasteiger partial charge in [0.25, 0.3) is 0 Å².